The van der Waals surface area contributed by atoms with Gasteiger partial charge in [-0.3, -0.25) is 14.3 Å². The van der Waals surface area contributed by atoms with Crippen LogP contribution in [-0.2, 0) is 19.6 Å². The number of rotatable bonds is 6. The van der Waals surface area contributed by atoms with Gasteiger partial charge in [-0.05, 0) is 12.1 Å². The van der Waals surface area contributed by atoms with E-state index in [1.165, 1.54) is 6.07 Å². The number of anilines is 2. The van der Waals surface area contributed by atoms with E-state index in [-0.39, 0.29) is 38.5 Å². The first-order valence-corrected chi connectivity index (χ1v) is 11.2. The molecule has 0 atom stereocenters. The maximum atomic E-state index is 12.8. The summed E-state index contributed by atoms with van der Waals surface area (Å²) >= 11 is 0.731. The molecule has 0 spiro atoms. The van der Waals surface area contributed by atoms with Gasteiger partial charge in [0, 0.05) is 19.0 Å². The van der Waals surface area contributed by atoms with Gasteiger partial charge in [-0.1, -0.05) is 37.3 Å². The molecule has 156 valence electrons. The van der Waals surface area contributed by atoms with Crippen LogP contribution < -0.4 is 10.0 Å². The van der Waals surface area contributed by atoms with Gasteiger partial charge in [-0.2, -0.15) is 8.42 Å². The molecule has 2 heterocycles. The van der Waals surface area contributed by atoms with Crippen molar-refractivity contribution in [3.05, 3.63) is 29.8 Å². The average molecular weight is 440 g/mol. The second-order valence-corrected chi connectivity index (χ2v) is 9.41. The Hall–Kier alpha value is -2.57. The Morgan fingerprint density at radius 2 is 1.86 bits per heavy atom. The summed E-state index contributed by atoms with van der Waals surface area (Å²) in [7, 11) is -4.09. The quantitative estimate of drug-likeness (QED) is 0.651. The van der Waals surface area contributed by atoms with Gasteiger partial charge < -0.3 is 15.0 Å². The van der Waals surface area contributed by atoms with Crippen molar-refractivity contribution in [2.75, 3.05) is 36.3 Å². The van der Waals surface area contributed by atoms with Crippen molar-refractivity contribution in [3.63, 3.8) is 0 Å². The van der Waals surface area contributed by atoms with E-state index in [4.69, 9.17) is 4.74 Å². The molecular weight excluding hydrogens is 418 g/mol. The molecule has 2 aromatic rings. The van der Waals surface area contributed by atoms with E-state index in [0.717, 1.165) is 11.3 Å². The van der Waals surface area contributed by atoms with E-state index in [9.17, 15) is 18.0 Å². The molecule has 2 amide bonds. The summed E-state index contributed by atoms with van der Waals surface area (Å²) in [5.74, 6) is -0.858. The molecule has 3 rings (SSSR count). The number of nitrogens with zero attached hydrogens (tertiary/aromatic N) is 3. The second kappa shape index (κ2) is 8.84. The number of ether oxygens (including phenoxy) is 1. The van der Waals surface area contributed by atoms with Crippen molar-refractivity contribution in [2.45, 2.75) is 18.2 Å². The van der Waals surface area contributed by atoms with Gasteiger partial charge in [0.05, 0.1) is 24.5 Å². The largest absolute Gasteiger partial charge is 0.378 e. The van der Waals surface area contributed by atoms with Crippen molar-refractivity contribution in [3.8, 4) is 0 Å². The standard InChI is InChI=1S/C17H21N5O5S2/c1-11(2)14(23)18-16-19-20-17(28-16)29(25,26)21-13-6-4-3-5-12(13)15(24)22-7-9-27-10-8-22/h3-6,11,21H,7-10H2,1-2H3,(H,18,19,23). The lowest BCUT2D eigenvalue weighted by atomic mass is 10.1. The number of hydrogen-bond donors (Lipinski definition) is 2. The lowest BCUT2D eigenvalue weighted by Crippen LogP contribution is -2.41. The smallest absolute Gasteiger partial charge is 0.291 e. The summed E-state index contributed by atoms with van der Waals surface area (Å²) in [5, 5.41) is 9.95. The molecule has 1 aliphatic heterocycles. The summed E-state index contributed by atoms with van der Waals surface area (Å²) in [5.41, 5.74) is 0.378. The number of hydrogen-bond acceptors (Lipinski definition) is 8. The van der Waals surface area contributed by atoms with E-state index in [1.54, 1.807) is 36.9 Å². The third-order valence-corrected chi connectivity index (χ3v) is 6.66. The highest BCUT2D eigenvalue weighted by molar-refractivity contribution is 7.94. The molecule has 0 saturated carbocycles. The van der Waals surface area contributed by atoms with Gasteiger partial charge in [-0.15, -0.1) is 10.2 Å². The highest BCUT2D eigenvalue weighted by atomic mass is 32.2. The lowest BCUT2D eigenvalue weighted by molar-refractivity contribution is -0.118. The topological polar surface area (TPSA) is 131 Å². The van der Waals surface area contributed by atoms with E-state index < -0.39 is 10.0 Å². The van der Waals surface area contributed by atoms with Gasteiger partial charge in [0.15, 0.2) is 0 Å². The second-order valence-electron chi connectivity index (χ2n) is 6.57. The average Bonchev–Trinajstić information content (AvgIpc) is 3.18. The molecule has 0 bridgehead atoms. The Labute approximate surface area is 172 Å². The summed E-state index contributed by atoms with van der Waals surface area (Å²) in [6.45, 7) is 5.17. The molecule has 0 aliphatic carbocycles. The number of aromatic nitrogens is 2. The van der Waals surface area contributed by atoms with Crippen LogP contribution in [0.1, 0.15) is 24.2 Å². The molecule has 29 heavy (non-hydrogen) atoms. The van der Waals surface area contributed by atoms with E-state index >= 15 is 0 Å². The van der Waals surface area contributed by atoms with Crippen LogP contribution in [0.5, 0.6) is 0 Å². The normalized spacial score (nSPS) is 14.7. The third kappa shape index (κ3) is 5.08. The maximum absolute atomic E-state index is 12.8. The Bertz CT molecular complexity index is 999. The molecule has 0 unspecified atom stereocenters. The minimum Gasteiger partial charge on any atom is -0.378 e. The predicted molar refractivity (Wildman–Crippen MR) is 107 cm³/mol. The van der Waals surface area contributed by atoms with Crippen molar-refractivity contribution in [2.24, 2.45) is 5.92 Å². The molecule has 2 N–H and O–H groups in total. The fourth-order valence-electron chi connectivity index (χ4n) is 2.50. The summed E-state index contributed by atoms with van der Waals surface area (Å²) in [6, 6.07) is 6.36. The summed E-state index contributed by atoms with van der Waals surface area (Å²) in [4.78, 5) is 26.2. The molecule has 12 heteroatoms. The highest BCUT2D eigenvalue weighted by Crippen LogP contribution is 2.25. The zero-order chi connectivity index (χ0) is 21.0. The lowest BCUT2D eigenvalue weighted by Gasteiger charge is -2.27. The first-order valence-electron chi connectivity index (χ1n) is 8.91. The molecule has 1 aliphatic rings. The van der Waals surface area contributed by atoms with Gasteiger partial charge in [0.25, 0.3) is 20.3 Å². The SMILES string of the molecule is CC(C)C(=O)Nc1nnc(S(=O)(=O)Nc2ccccc2C(=O)N2CCOCC2)s1. The molecule has 1 aromatic carbocycles. The van der Waals surface area contributed by atoms with Crippen LogP contribution in [0.3, 0.4) is 0 Å². The van der Waals surface area contributed by atoms with Gasteiger partial charge in [0.2, 0.25) is 11.0 Å². The number of benzene rings is 1. The van der Waals surface area contributed by atoms with Crippen LogP contribution >= 0.6 is 11.3 Å². The van der Waals surface area contributed by atoms with E-state index in [1.807, 2.05) is 0 Å². The number of para-hydroxylation sites is 1. The van der Waals surface area contributed by atoms with Crippen LogP contribution in [0.2, 0.25) is 0 Å². The highest BCUT2D eigenvalue weighted by Gasteiger charge is 2.26. The molecule has 10 nitrogen and oxygen atoms in total. The van der Waals surface area contributed by atoms with Gasteiger partial charge in [0.1, 0.15) is 0 Å². The van der Waals surface area contributed by atoms with E-state index in [0.29, 0.717) is 26.3 Å². The number of carbonyl (C=O) groups is 2. The van der Waals surface area contributed by atoms with Crippen LogP contribution in [0.15, 0.2) is 28.6 Å². The minimum absolute atomic E-state index is 0.0850. The van der Waals surface area contributed by atoms with Crippen LogP contribution in [0, 0.1) is 5.92 Å². The van der Waals surface area contributed by atoms with Crippen molar-refractivity contribution < 1.29 is 22.7 Å². The Balaban J connectivity index is 1.80. The zero-order valence-electron chi connectivity index (χ0n) is 15.9. The van der Waals surface area contributed by atoms with Crippen molar-refractivity contribution >= 4 is 44.0 Å². The number of amides is 2. The maximum Gasteiger partial charge on any atom is 0.291 e. The fourth-order valence-corrected chi connectivity index (χ4v) is 4.49. The van der Waals surface area contributed by atoms with Gasteiger partial charge >= 0.3 is 0 Å². The Morgan fingerprint density at radius 3 is 2.55 bits per heavy atom. The summed E-state index contributed by atoms with van der Waals surface area (Å²) < 4.78 is 32.8. The Kier molecular flexibility index (Phi) is 6.45. The fraction of sp³-hybridized carbons (Fsp3) is 0.412. The molecule has 0 radical (unpaired) electrons. The van der Waals surface area contributed by atoms with Crippen LogP contribution in [0.25, 0.3) is 0 Å². The predicted octanol–water partition coefficient (Wildman–Crippen LogP) is 1.41. The molecule has 1 fully saturated rings. The van der Waals surface area contributed by atoms with E-state index in [2.05, 4.69) is 20.2 Å². The molecule has 1 aromatic heterocycles. The van der Waals surface area contributed by atoms with Crippen molar-refractivity contribution in [1.29, 1.82) is 0 Å². The monoisotopic (exact) mass is 439 g/mol. The number of morpholine rings is 1. The van der Waals surface area contributed by atoms with Gasteiger partial charge in [-0.25, -0.2) is 0 Å². The number of carbonyl (C=O) groups excluding carboxylic acids is 2. The molecule has 1 saturated heterocycles. The summed E-state index contributed by atoms with van der Waals surface area (Å²) in [6.07, 6.45) is 0. The molecular formula is C17H21N5O5S2. The minimum atomic E-state index is -4.09. The van der Waals surface area contributed by atoms with Crippen molar-refractivity contribution in [1.82, 2.24) is 15.1 Å². The zero-order valence-corrected chi connectivity index (χ0v) is 17.5. The third-order valence-electron chi connectivity index (χ3n) is 4.09. The van der Waals surface area contributed by atoms with Crippen LogP contribution in [-0.4, -0.2) is 61.6 Å². The number of sulfonamides is 1. The van der Waals surface area contributed by atoms with Crippen LogP contribution in [0.4, 0.5) is 10.8 Å². The first-order chi connectivity index (χ1) is 13.8. The number of nitrogens with one attached hydrogen (secondary N) is 2. The Morgan fingerprint density at radius 1 is 1.17 bits per heavy atom. The first kappa shape index (κ1) is 21.1.